The van der Waals surface area contributed by atoms with Crippen LogP contribution < -0.4 is 4.90 Å². The fourth-order valence-electron chi connectivity index (χ4n) is 2.68. The van der Waals surface area contributed by atoms with Crippen LogP contribution in [0.2, 0.25) is 0 Å². The Labute approximate surface area is 100 Å². The summed E-state index contributed by atoms with van der Waals surface area (Å²) in [5.74, 6) is 0.729. The minimum absolute atomic E-state index is 0.226. The fraction of sp³-hybridized carbons (Fsp3) is 0.600. The Morgan fingerprint density at radius 1 is 1.12 bits per heavy atom. The van der Waals surface area contributed by atoms with E-state index in [1.165, 1.54) is 12.1 Å². The quantitative estimate of drug-likeness (QED) is 0.712. The second-order valence-electron chi connectivity index (χ2n) is 5.49. The van der Waals surface area contributed by atoms with E-state index in [4.69, 9.17) is 0 Å². The van der Waals surface area contributed by atoms with Crippen LogP contribution in [0.4, 0.5) is 5.69 Å². The number of hydrogen-bond donors (Lipinski definition) is 0. The predicted molar refractivity (Wildman–Crippen MR) is 73.0 cm³/mol. The summed E-state index contributed by atoms with van der Waals surface area (Å²) in [6, 6.07) is 10.7. The van der Waals surface area contributed by atoms with Crippen molar-refractivity contribution in [2.45, 2.75) is 46.6 Å². The zero-order valence-electron chi connectivity index (χ0n) is 11.3. The maximum absolute atomic E-state index is 2.49. The fourth-order valence-corrected chi connectivity index (χ4v) is 2.68. The lowest BCUT2D eigenvalue weighted by molar-refractivity contribution is 0.372. The van der Waals surface area contributed by atoms with Gasteiger partial charge in [-0.15, -0.1) is 0 Å². The molecule has 0 aliphatic rings. The standard InChI is InChI=1S/C15H25N/c1-6-16(14-10-8-7-9-11-14)15(4,5)12-13(2)3/h7-11,13H,6,12H2,1-5H3. The number of nitrogens with zero attached hydrogens (tertiary/aromatic N) is 1. The average Bonchev–Trinajstić information content (AvgIpc) is 2.17. The van der Waals surface area contributed by atoms with Gasteiger partial charge in [0.05, 0.1) is 0 Å². The highest BCUT2D eigenvalue weighted by atomic mass is 15.2. The third-order valence-electron chi connectivity index (χ3n) is 3.02. The summed E-state index contributed by atoms with van der Waals surface area (Å²) < 4.78 is 0. The van der Waals surface area contributed by atoms with Crippen LogP contribution in [0.25, 0.3) is 0 Å². The SMILES string of the molecule is CCN(c1ccccc1)C(C)(C)CC(C)C. The lowest BCUT2D eigenvalue weighted by Gasteiger charge is -2.41. The summed E-state index contributed by atoms with van der Waals surface area (Å²) in [5.41, 5.74) is 1.56. The van der Waals surface area contributed by atoms with E-state index in [1.807, 2.05) is 0 Å². The molecule has 0 N–H and O–H groups in total. The number of hydrogen-bond acceptors (Lipinski definition) is 1. The molecule has 1 aromatic carbocycles. The van der Waals surface area contributed by atoms with E-state index >= 15 is 0 Å². The zero-order chi connectivity index (χ0) is 12.2. The van der Waals surface area contributed by atoms with Crippen LogP contribution in [0.3, 0.4) is 0 Å². The van der Waals surface area contributed by atoms with Gasteiger partial charge in [-0.3, -0.25) is 0 Å². The topological polar surface area (TPSA) is 3.24 Å². The van der Waals surface area contributed by atoms with E-state index in [0.29, 0.717) is 0 Å². The Balaban J connectivity index is 2.89. The van der Waals surface area contributed by atoms with E-state index in [-0.39, 0.29) is 5.54 Å². The second-order valence-corrected chi connectivity index (χ2v) is 5.49. The largest absolute Gasteiger partial charge is 0.367 e. The van der Waals surface area contributed by atoms with Gasteiger partial charge in [0.2, 0.25) is 0 Å². The van der Waals surface area contributed by atoms with Crippen molar-refractivity contribution in [1.29, 1.82) is 0 Å². The first-order valence-electron chi connectivity index (χ1n) is 6.30. The average molecular weight is 219 g/mol. The van der Waals surface area contributed by atoms with Crippen LogP contribution in [0.1, 0.15) is 41.0 Å². The number of anilines is 1. The highest BCUT2D eigenvalue weighted by molar-refractivity contribution is 5.48. The molecule has 0 bridgehead atoms. The summed E-state index contributed by atoms with van der Waals surface area (Å²) >= 11 is 0. The lowest BCUT2D eigenvalue weighted by atomic mass is 9.90. The van der Waals surface area contributed by atoms with Gasteiger partial charge in [0.15, 0.2) is 0 Å². The molecule has 0 atom stereocenters. The van der Waals surface area contributed by atoms with Crippen molar-refractivity contribution in [3.05, 3.63) is 30.3 Å². The van der Waals surface area contributed by atoms with Crippen LogP contribution in [0.15, 0.2) is 30.3 Å². The second kappa shape index (κ2) is 5.38. The summed E-state index contributed by atoms with van der Waals surface area (Å²) in [4.78, 5) is 2.49. The van der Waals surface area contributed by atoms with Gasteiger partial charge >= 0.3 is 0 Å². The van der Waals surface area contributed by atoms with E-state index in [1.54, 1.807) is 0 Å². The summed E-state index contributed by atoms with van der Waals surface area (Å²) in [6.45, 7) is 12.5. The lowest BCUT2D eigenvalue weighted by Crippen LogP contribution is -2.45. The van der Waals surface area contributed by atoms with E-state index in [0.717, 1.165) is 12.5 Å². The molecular formula is C15H25N. The van der Waals surface area contributed by atoms with Crippen LogP contribution in [-0.4, -0.2) is 12.1 Å². The highest BCUT2D eigenvalue weighted by Crippen LogP contribution is 2.28. The molecule has 0 heterocycles. The highest BCUT2D eigenvalue weighted by Gasteiger charge is 2.26. The van der Waals surface area contributed by atoms with Crippen LogP contribution >= 0.6 is 0 Å². The predicted octanol–water partition coefficient (Wildman–Crippen LogP) is 4.34. The number of rotatable bonds is 5. The molecule has 0 amide bonds. The minimum Gasteiger partial charge on any atom is -0.367 e. The molecule has 1 rings (SSSR count). The Hall–Kier alpha value is -0.980. The van der Waals surface area contributed by atoms with Crippen molar-refractivity contribution < 1.29 is 0 Å². The maximum Gasteiger partial charge on any atom is 0.0370 e. The molecule has 1 heteroatoms. The molecule has 0 radical (unpaired) electrons. The van der Waals surface area contributed by atoms with Crippen LogP contribution in [0, 0.1) is 5.92 Å². The number of benzene rings is 1. The molecule has 90 valence electrons. The Bertz CT molecular complexity index is 300. The van der Waals surface area contributed by atoms with Gasteiger partial charge < -0.3 is 4.90 Å². The van der Waals surface area contributed by atoms with Gasteiger partial charge in [-0.05, 0) is 45.2 Å². The molecule has 0 spiro atoms. The molecule has 0 unspecified atom stereocenters. The number of para-hydroxylation sites is 1. The van der Waals surface area contributed by atoms with Crippen LogP contribution in [-0.2, 0) is 0 Å². The molecule has 1 aromatic rings. The summed E-state index contributed by atoms with van der Waals surface area (Å²) in [5, 5.41) is 0. The molecule has 0 aliphatic carbocycles. The first-order chi connectivity index (χ1) is 7.47. The van der Waals surface area contributed by atoms with Crippen LogP contribution in [0.5, 0.6) is 0 Å². The monoisotopic (exact) mass is 219 g/mol. The van der Waals surface area contributed by atoms with E-state index in [9.17, 15) is 0 Å². The van der Waals surface area contributed by atoms with Gasteiger partial charge in [0, 0.05) is 17.8 Å². The molecule has 0 aliphatic heterocycles. The first-order valence-corrected chi connectivity index (χ1v) is 6.30. The first kappa shape index (κ1) is 13.1. The normalized spacial score (nSPS) is 11.9. The maximum atomic E-state index is 2.49. The summed E-state index contributed by atoms with van der Waals surface area (Å²) in [7, 11) is 0. The molecule has 1 nitrogen and oxygen atoms in total. The van der Waals surface area contributed by atoms with Crippen molar-refractivity contribution in [2.24, 2.45) is 5.92 Å². The van der Waals surface area contributed by atoms with E-state index in [2.05, 4.69) is 69.9 Å². The van der Waals surface area contributed by atoms with Gasteiger partial charge in [-0.1, -0.05) is 32.0 Å². The van der Waals surface area contributed by atoms with Crippen molar-refractivity contribution in [3.63, 3.8) is 0 Å². The van der Waals surface area contributed by atoms with Gasteiger partial charge in [0.1, 0.15) is 0 Å². The molecular weight excluding hydrogens is 194 g/mol. The Morgan fingerprint density at radius 3 is 2.12 bits per heavy atom. The Morgan fingerprint density at radius 2 is 1.69 bits per heavy atom. The van der Waals surface area contributed by atoms with Crippen molar-refractivity contribution in [1.82, 2.24) is 0 Å². The van der Waals surface area contributed by atoms with Gasteiger partial charge in [-0.2, -0.15) is 0 Å². The Kier molecular flexibility index (Phi) is 4.40. The van der Waals surface area contributed by atoms with Gasteiger partial charge in [0.25, 0.3) is 0 Å². The molecule has 0 saturated heterocycles. The summed E-state index contributed by atoms with van der Waals surface area (Å²) in [6.07, 6.45) is 1.22. The molecule has 16 heavy (non-hydrogen) atoms. The van der Waals surface area contributed by atoms with Crippen molar-refractivity contribution >= 4 is 5.69 Å². The molecule has 0 fully saturated rings. The van der Waals surface area contributed by atoms with Crippen molar-refractivity contribution in [3.8, 4) is 0 Å². The van der Waals surface area contributed by atoms with E-state index < -0.39 is 0 Å². The molecule has 0 aromatic heterocycles. The molecule has 0 saturated carbocycles. The van der Waals surface area contributed by atoms with Gasteiger partial charge in [-0.25, -0.2) is 0 Å². The van der Waals surface area contributed by atoms with Crippen molar-refractivity contribution in [2.75, 3.05) is 11.4 Å². The third kappa shape index (κ3) is 3.26. The minimum atomic E-state index is 0.226. The third-order valence-corrected chi connectivity index (χ3v) is 3.02. The zero-order valence-corrected chi connectivity index (χ0v) is 11.3. The smallest absolute Gasteiger partial charge is 0.0370 e.